The van der Waals surface area contributed by atoms with Crippen LogP contribution in [-0.2, 0) is 6.42 Å². The van der Waals surface area contributed by atoms with E-state index in [1.807, 2.05) is 6.07 Å². The molecular formula is C14H11BrF2O. The second-order valence-electron chi connectivity index (χ2n) is 4.01. The molecule has 0 heterocycles. The van der Waals surface area contributed by atoms with Crippen molar-refractivity contribution in [2.45, 2.75) is 12.5 Å². The topological polar surface area (TPSA) is 20.2 Å². The Morgan fingerprint density at radius 3 is 2.61 bits per heavy atom. The third-order valence-electron chi connectivity index (χ3n) is 2.65. The van der Waals surface area contributed by atoms with Crippen molar-refractivity contribution >= 4 is 15.9 Å². The number of rotatable bonds is 3. The lowest BCUT2D eigenvalue weighted by molar-refractivity contribution is 0.177. The molecule has 94 valence electrons. The molecule has 0 bridgehead atoms. The van der Waals surface area contributed by atoms with Crippen molar-refractivity contribution < 1.29 is 13.9 Å². The largest absolute Gasteiger partial charge is 0.388 e. The van der Waals surface area contributed by atoms with Crippen LogP contribution in [0.4, 0.5) is 8.78 Å². The van der Waals surface area contributed by atoms with E-state index in [2.05, 4.69) is 15.9 Å². The number of hydrogen-bond acceptors (Lipinski definition) is 1. The van der Waals surface area contributed by atoms with Crippen LogP contribution in [0.25, 0.3) is 0 Å². The summed E-state index contributed by atoms with van der Waals surface area (Å²) >= 11 is 3.30. The fourth-order valence-corrected chi connectivity index (χ4v) is 2.16. The van der Waals surface area contributed by atoms with E-state index in [-0.39, 0.29) is 12.0 Å². The predicted octanol–water partition coefficient (Wildman–Crippen LogP) is 4.00. The maximum atomic E-state index is 13.4. The summed E-state index contributed by atoms with van der Waals surface area (Å²) in [5.41, 5.74) is 0.829. The summed E-state index contributed by atoms with van der Waals surface area (Å²) in [6.45, 7) is 0. The van der Waals surface area contributed by atoms with Crippen LogP contribution < -0.4 is 0 Å². The van der Waals surface area contributed by atoms with Gasteiger partial charge in [-0.05, 0) is 41.5 Å². The van der Waals surface area contributed by atoms with Crippen LogP contribution in [0.1, 0.15) is 17.2 Å². The molecular weight excluding hydrogens is 302 g/mol. The zero-order valence-electron chi connectivity index (χ0n) is 9.41. The van der Waals surface area contributed by atoms with Gasteiger partial charge >= 0.3 is 0 Å². The number of halogens is 3. The monoisotopic (exact) mass is 312 g/mol. The standard InChI is InChI=1S/C14H11BrF2O/c15-11-3-1-2-9(6-11)14(18)8-10-7-12(16)4-5-13(10)17/h1-7,14,18H,8H2. The van der Waals surface area contributed by atoms with Gasteiger partial charge in [0, 0.05) is 10.9 Å². The summed E-state index contributed by atoms with van der Waals surface area (Å²) in [4.78, 5) is 0. The van der Waals surface area contributed by atoms with E-state index in [0.29, 0.717) is 5.56 Å². The Hall–Kier alpha value is -1.26. The van der Waals surface area contributed by atoms with Gasteiger partial charge < -0.3 is 5.11 Å². The molecule has 2 aromatic rings. The van der Waals surface area contributed by atoms with E-state index in [1.165, 1.54) is 0 Å². The normalized spacial score (nSPS) is 12.4. The second kappa shape index (κ2) is 5.59. The average Bonchev–Trinajstić information content (AvgIpc) is 2.34. The molecule has 0 saturated carbocycles. The van der Waals surface area contributed by atoms with Gasteiger partial charge in [-0.25, -0.2) is 8.78 Å². The van der Waals surface area contributed by atoms with E-state index in [4.69, 9.17) is 0 Å². The minimum absolute atomic E-state index is 0.0417. The number of aliphatic hydroxyl groups excluding tert-OH is 1. The zero-order chi connectivity index (χ0) is 13.1. The predicted molar refractivity (Wildman–Crippen MR) is 69.2 cm³/mol. The molecule has 0 aliphatic heterocycles. The van der Waals surface area contributed by atoms with Crippen LogP contribution in [0.15, 0.2) is 46.9 Å². The number of benzene rings is 2. The van der Waals surface area contributed by atoms with E-state index >= 15 is 0 Å². The first-order valence-electron chi connectivity index (χ1n) is 5.44. The third kappa shape index (κ3) is 3.15. The minimum Gasteiger partial charge on any atom is -0.388 e. The molecule has 1 unspecified atom stereocenters. The highest BCUT2D eigenvalue weighted by Crippen LogP contribution is 2.23. The smallest absolute Gasteiger partial charge is 0.126 e. The quantitative estimate of drug-likeness (QED) is 0.908. The van der Waals surface area contributed by atoms with Gasteiger partial charge in [-0.15, -0.1) is 0 Å². The maximum Gasteiger partial charge on any atom is 0.126 e. The molecule has 18 heavy (non-hydrogen) atoms. The van der Waals surface area contributed by atoms with E-state index < -0.39 is 17.7 Å². The van der Waals surface area contributed by atoms with Crippen LogP contribution in [-0.4, -0.2) is 5.11 Å². The maximum absolute atomic E-state index is 13.4. The van der Waals surface area contributed by atoms with Crippen molar-refractivity contribution in [1.29, 1.82) is 0 Å². The second-order valence-corrected chi connectivity index (χ2v) is 4.93. The molecule has 2 aromatic carbocycles. The van der Waals surface area contributed by atoms with Crippen LogP contribution in [0.3, 0.4) is 0 Å². The molecule has 0 aliphatic rings. The average molecular weight is 313 g/mol. The van der Waals surface area contributed by atoms with Crippen LogP contribution in [0.2, 0.25) is 0 Å². The van der Waals surface area contributed by atoms with Crippen molar-refractivity contribution in [1.82, 2.24) is 0 Å². The lowest BCUT2D eigenvalue weighted by atomic mass is 10.0. The van der Waals surface area contributed by atoms with Gasteiger partial charge in [0.25, 0.3) is 0 Å². The molecule has 0 aliphatic carbocycles. The highest BCUT2D eigenvalue weighted by molar-refractivity contribution is 9.10. The highest BCUT2D eigenvalue weighted by Gasteiger charge is 2.12. The summed E-state index contributed by atoms with van der Waals surface area (Å²) < 4.78 is 27.3. The first-order valence-corrected chi connectivity index (χ1v) is 6.23. The SMILES string of the molecule is OC(Cc1cc(F)ccc1F)c1cccc(Br)c1. The van der Waals surface area contributed by atoms with Crippen molar-refractivity contribution in [2.24, 2.45) is 0 Å². The van der Waals surface area contributed by atoms with Gasteiger partial charge in [0.15, 0.2) is 0 Å². The molecule has 2 rings (SSSR count). The summed E-state index contributed by atoms with van der Waals surface area (Å²) in [6.07, 6.45) is -0.821. The molecule has 1 N–H and O–H groups in total. The van der Waals surface area contributed by atoms with Crippen LogP contribution in [0, 0.1) is 11.6 Å². The number of hydrogen-bond donors (Lipinski definition) is 1. The molecule has 0 saturated heterocycles. The Labute approximate surface area is 112 Å². The van der Waals surface area contributed by atoms with Crippen molar-refractivity contribution in [3.8, 4) is 0 Å². The summed E-state index contributed by atoms with van der Waals surface area (Å²) in [5, 5.41) is 10.0. The fourth-order valence-electron chi connectivity index (χ4n) is 1.74. The fraction of sp³-hybridized carbons (Fsp3) is 0.143. The van der Waals surface area contributed by atoms with Gasteiger partial charge in [-0.2, -0.15) is 0 Å². The summed E-state index contributed by atoms with van der Waals surface area (Å²) in [7, 11) is 0. The van der Waals surface area contributed by atoms with Crippen molar-refractivity contribution in [2.75, 3.05) is 0 Å². The summed E-state index contributed by atoms with van der Waals surface area (Å²) in [6, 6.07) is 10.3. The molecule has 4 heteroatoms. The van der Waals surface area contributed by atoms with Gasteiger partial charge in [-0.1, -0.05) is 28.1 Å². The first-order chi connectivity index (χ1) is 8.56. The van der Waals surface area contributed by atoms with Gasteiger partial charge in [0.1, 0.15) is 11.6 Å². The third-order valence-corrected chi connectivity index (χ3v) is 3.15. The molecule has 0 radical (unpaired) electrons. The number of aliphatic hydroxyl groups is 1. The zero-order valence-corrected chi connectivity index (χ0v) is 11.0. The molecule has 1 nitrogen and oxygen atoms in total. The molecule has 1 atom stereocenters. The van der Waals surface area contributed by atoms with E-state index in [1.54, 1.807) is 18.2 Å². The lowest BCUT2D eigenvalue weighted by Gasteiger charge is -2.12. The van der Waals surface area contributed by atoms with Crippen molar-refractivity contribution in [3.63, 3.8) is 0 Å². The Kier molecular flexibility index (Phi) is 4.09. The highest BCUT2D eigenvalue weighted by atomic mass is 79.9. The first kappa shape index (κ1) is 13.2. The molecule has 0 amide bonds. The Morgan fingerprint density at radius 1 is 1.11 bits per heavy atom. The van der Waals surface area contributed by atoms with E-state index in [9.17, 15) is 13.9 Å². The Morgan fingerprint density at radius 2 is 1.89 bits per heavy atom. The summed E-state index contributed by atoms with van der Waals surface area (Å²) in [5.74, 6) is -1.02. The minimum atomic E-state index is -0.862. The van der Waals surface area contributed by atoms with Crippen LogP contribution >= 0.6 is 15.9 Å². The molecule has 0 aromatic heterocycles. The van der Waals surface area contributed by atoms with E-state index in [0.717, 1.165) is 22.7 Å². The van der Waals surface area contributed by atoms with Crippen molar-refractivity contribution in [3.05, 3.63) is 69.7 Å². The van der Waals surface area contributed by atoms with Crippen LogP contribution in [0.5, 0.6) is 0 Å². The molecule has 0 spiro atoms. The Bertz CT molecular complexity index is 557. The van der Waals surface area contributed by atoms with Gasteiger partial charge in [0.2, 0.25) is 0 Å². The lowest BCUT2D eigenvalue weighted by Crippen LogP contribution is -2.04. The van der Waals surface area contributed by atoms with Gasteiger partial charge in [-0.3, -0.25) is 0 Å². The Balaban J connectivity index is 2.21. The molecule has 0 fully saturated rings. The van der Waals surface area contributed by atoms with Gasteiger partial charge in [0.05, 0.1) is 6.10 Å².